The Morgan fingerprint density at radius 3 is 2.27 bits per heavy atom. The van der Waals surface area contributed by atoms with Gasteiger partial charge in [-0.15, -0.1) is 0 Å². The number of amides is 3. The van der Waals surface area contributed by atoms with Crippen molar-refractivity contribution in [3.05, 3.63) is 101 Å². The van der Waals surface area contributed by atoms with Crippen LogP contribution in [0.4, 0.5) is 18.0 Å². The van der Waals surface area contributed by atoms with Crippen molar-refractivity contribution in [2.45, 2.75) is 43.7 Å². The van der Waals surface area contributed by atoms with Crippen LogP contribution in [0, 0.1) is 6.92 Å². The Kier molecular flexibility index (Phi) is 8.16. The van der Waals surface area contributed by atoms with Crippen LogP contribution in [0.15, 0.2) is 88.4 Å². The minimum absolute atomic E-state index is 0.0938. The van der Waals surface area contributed by atoms with Gasteiger partial charge in [0, 0.05) is 23.5 Å². The highest BCUT2D eigenvalue weighted by Gasteiger charge is 2.41. The van der Waals surface area contributed by atoms with Gasteiger partial charge in [-0.05, 0) is 56.3 Å². The van der Waals surface area contributed by atoms with Crippen molar-refractivity contribution in [1.29, 1.82) is 0 Å². The molecule has 15 nitrogen and oxygen atoms in total. The lowest BCUT2D eigenvalue weighted by Gasteiger charge is -2.19. The first kappa shape index (κ1) is 33.5. The molecule has 1 N–H and O–H groups in total. The third-order valence-electron chi connectivity index (χ3n) is 8.29. The molecule has 3 aromatic carbocycles. The summed E-state index contributed by atoms with van der Waals surface area (Å²) in [6.45, 7) is 3.75. The molecule has 3 amide bonds. The average Bonchev–Trinajstić information content (AvgIpc) is 3.38. The molecule has 4 heterocycles. The fourth-order valence-electron chi connectivity index (χ4n) is 5.70. The van der Waals surface area contributed by atoms with Crippen molar-refractivity contribution < 1.29 is 50.2 Å². The predicted molar refractivity (Wildman–Crippen MR) is 170 cm³/mol. The molecule has 0 radical (unpaired) electrons. The average molecular weight is 728 g/mol. The quantitative estimate of drug-likeness (QED) is 0.220. The maximum absolute atomic E-state index is 13.6. The predicted octanol–water partition coefficient (Wildman–Crippen LogP) is 3.96. The second kappa shape index (κ2) is 12.4. The third kappa shape index (κ3) is 6.54. The zero-order valence-corrected chi connectivity index (χ0v) is 27.6. The van der Waals surface area contributed by atoms with E-state index in [1.165, 1.54) is 24.0 Å². The molecular weight excluding hydrogens is 699 g/mol. The molecule has 0 bridgehead atoms. The van der Waals surface area contributed by atoms with Crippen LogP contribution in [-0.2, 0) is 20.9 Å². The molecule has 0 spiro atoms. The van der Waals surface area contributed by atoms with E-state index in [4.69, 9.17) is 14.2 Å². The maximum Gasteiger partial charge on any atom is 0.435 e. The molecule has 1 fully saturated rings. The summed E-state index contributed by atoms with van der Waals surface area (Å²) in [5.41, 5.74) is 1.09. The lowest BCUT2D eigenvalue weighted by Crippen LogP contribution is -2.44. The Morgan fingerprint density at radius 2 is 1.65 bits per heavy atom. The van der Waals surface area contributed by atoms with Gasteiger partial charge >= 0.3 is 12.3 Å². The van der Waals surface area contributed by atoms with Gasteiger partial charge < -0.3 is 9.57 Å². The smallest absolute Gasteiger partial charge is 0.435 e. The van der Waals surface area contributed by atoms with Gasteiger partial charge in [-0.2, -0.15) is 22.9 Å². The van der Waals surface area contributed by atoms with Crippen LogP contribution < -0.4 is 14.6 Å². The van der Waals surface area contributed by atoms with E-state index >= 15 is 0 Å². The summed E-state index contributed by atoms with van der Waals surface area (Å²) in [5.74, 6) is -1.01. The Bertz CT molecular complexity index is 2200. The number of hydrogen-bond donors (Lipinski definition) is 1. The van der Waals surface area contributed by atoms with Gasteiger partial charge in [0.15, 0.2) is 5.69 Å². The summed E-state index contributed by atoms with van der Waals surface area (Å²) in [4.78, 5) is 45.4. The molecule has 19 heteroatoms. The first-order chi connectivity index (χ1) is 24.2. The summed E-state index contributed by atoms with van der Waals surface area (Å²) in [6, 6.07) is 18.9. The normalized spacial score (nSPS) is 16.8. The van der Waals surface area contributed by atoms with E-state index in [9.17, 15) is 36.0 Å². The van der Waals surface area contributed by atoms with E-state index in [0.29, 0.717) is 18.5 Å². The van der Waals surface area contributed by atoms with Crippen LogP contribution in [0.3, 0.4) is 0 Å². The standard InChI is InChI=1S/C32H28F3N7O8S/c1-19-7-9-21(10-8-19)27-17-28(32(33,34)35)36-40(27)22-11-13-24(14-12-22)51(46,47)37-31(45)48-23-15-16-38(18-23)41-42(50-41)49-20(2)39-29(43)25-5-3-4-6-26(25)30(39)44/h3-14,17,20,23H,15-16,18H2,1-2H3,(H,37,45). The van der Waals surface area contributed by atoms with E-state index in [-0.39, 0.29) is 33.9 Å². The molecule has 0 saturated carbocycles. The number of hydrogen-bond acceptors (Lipinski definition) is 10. The fraction of sp³-hybridized carbons (Fsp3) is 0.250. The molecule has 2 aromatic heterocycles. The number of benzene rings is 3. The number of carbonyl (C=O) groups is 3. The summed E-state index contributed by atoms with van der Waals surface area (Å²) < 4.78 is 80.1. The van der Waals surface area contributed by atoms with Crippen molar-refractivity contribution >= 4 is 27.9 Å². The molecule has 266 valence electrons. The van der Waals surface area contributed by atoms with Crippen molar-refractivity contribution in [2.75, 3.05) is 18.1 Å². The first-order valence-electron chi connectivity index (χ1n) is 15.4. The zero-order chi connectivity index (χ0) is 36.2. The van der Waals surface area contributed by atoms with Crippen LogP contribution in [0.1, 0.15) is 45.3 Å². The number of carbonyl (C=O) groups excluding carboxylic acids is 3. The Labute approximate surface area is 287 Å². The second-order valence-electron chi connectivity index (χ2n) is 11.8. The number of rotatable bonds is 9. The topological polar surface area (TPSA) is 163 Å². The molecule has 2 aliphatic rings. The number of fused-ring (bicyclic) bond motifs is 1. The van der Waals surface area contributed by atoms with Gasteiger partial charge in [0.2, 0.25) is 6.23 Å². The van der Waals surface area contributed by atoms with Crippen LogP contribution in [0.2, 0.25) is 0 Å². The SMILES string of the molecule is Cc1ccc(-c2cc(C(F)(F)F)nn2-c2ccc(S(=O)(=O)NC(=O)OC3CCN(n4on4OC(C)N4C(=O)c5ccccc5C4=O)C3)cc2)cc1. The number of aryl methyl sites for hydroxylation is 1. The largest absolute Gasteiger partial charge is 0.444 e. The third-order valence-corrected chi connectivity index (χ3v) is 9.61. The number of ether oxygens (including phenoxy) is 1. The van der Waals surface area contributed by atoms with Gasteiger partial charge in [0.05, 0.1) is 33.9 Å². The fourth-order valence-corrected chi connectivity index (χ4v) is 6.58. The molecule has 0 aliphatic carbocycles. The summed E-state index contributed by atoms with van der Waals surface area (Å²) >= 11 is 0. The van der Waals surface area contributed by atoms with Gasteiger partial charge in [-0.25, -0.2) is 27.5 Å². The van der Waals surface area contributed by atoms with Crippen molar-refractivity contribution in [1.82, 2.24) is 29.4 Å². The van der Waals surface area contributed by atoms with Crippen LogP contribution in [0.25, 0.3) is 16.9 Å². The summed E-state index contributed by atoms with van der Waals surface area (Å²) in [7, 11) is -4.43. The van der Waals surface area contributed by atoms with Crippen LogP contribution in [0.5, 0.6) is 0 Å². The van der Waals surface area contributed by atoms with Crippen LogP contribution >= 0.6 is 0 Å². The molecule has 7 rings (SSSR count). The van der Waals surface area contributed by atoms with E-state index in [0.717, 1.165) is 38.4 Å². The first-order valence-corrected chi connectivity index (χ1v) is 16.9. The number of alkyl halides is 3. The number of imide groups is 1. The molecular formula is C32H28F3N7O8S. The van der Waals surface area contributed by atoms with Crippen molar-refractivity contribution in [2.24, 2.45) is 0 Å². The highest BCUT2D eigenvalue weighted by Crippen LogP contribution is 2.33. The molecule has 2 aliphatic heterocycles. The van der Waals surface area contributed by atoms with Crippen molar-refractivity contribution in [3.8, 4) is 16.9 Å². The highest BCUT2D eigenvalue weighted by atomic mass is 32.2. The van der Waals surface area contributed by atoms with Crippen molar-refractivity contribution in [3.63, 3.8) is 0 Å². The van der Waals surface area contributed by atoms with E-state index < -0.39 is 52.1 Å². The lowest BCUT2D eigenvalue weighted by atomic mass is 10.1. The monoisotopic (exact) mass is 727 g/mol. The molecule has 5 aromatic rings. The highest BCUT2D eigenvalue weighted by molar-refractivity contribution is 7.90. The molecule has 2 atom stereocenters. The Hall–Kier alpha value is -5.98. The molecule has 51 heavy (non-hydrogen) atoms. The second-order valence-corrected chi connectivity index (χ2v) is 13.5. The van der Waals surface area contributed by atoms with Gasteiger partial charge in [0.1, 0.15) is 11.1 Å². The zero-order valence-electron chi connectivity index (χ0n) is 26.8. The number of aromatic nitrogens is 4. The number of nitrogens with one attached hydrogen (secondary N) is 1. The Morgan fingerprint density at radius 1 is 1.00 bits per heavy atom. The van der Waals surface area contributed by atoms with Gasteiger partial charge in [0.25, 0.3) is 21.8 Å². The maximum atomic E-state index is 13.6. The van der Waals surface area contributed by atoms with E-state index in [1.807, 2.05) is 11.6 Å². The summed E-state index contributed by atoms with van der Waals surface area (Å²) in [6.07, 6.45) is -7.42. The lowest BCUT2D eigenvalue weighted by molar-refractivity contribution is -0.141. The van der Waals surface area contributed by atoms with E-state index in [2.05, 4.69) is 5.10 Å². The summed E-state index contributed by atoms with van der Waals surface area (Å²) in [5, 5.41) is 6.25. The number of halogens is 3. The number of sulfonamides is 1. The molecule has 2 unspecified atom stereocenters. The molecule has 1 saturated heterocycles. The minimum Gasteiger partial charge on any atom is -0.444 e. The van der Waals surface area contributed by atoms with Crippen LogP contribution in [-0.4, -0.2) is 76.4 Å². The number of nitrogens with zero attached hydrogens (tertiary/aromatic N) is 6. The Balaban J connectivity index is 0.951. The minimum atomic E-state index is -4.71. The van der Waals surface area contributed by atoms with Gasteiger partial charge in [-0.1, -0.05) is 42.0 Å². The van der Waals surface area contributed by atoms with Gasteiger partial charge in [-0.3, -0.25) is 14.6 Å². The van der Waals surface area contributed by atoms with E-state index in [1.54, 1.807) is 53.5 Å².